The van der Waals surface area contributed by atoms with Gasteiger partial charge in [-0.25, -0.2) is 0 Å². The Hall–Kier alpha value is -3.41. The Morgan fingerprint density at radius 2 is 1.88 bits per heavy atom. The maximum atomic E-state index is 11.9. The van der Waals surface area contributed by atoms with Gasteiger partial charge in [-0.05, 0) is 49.4 Å². The number of allylic oxidation sites excluding steroid dienone is 1. The van der Waals surface area contributed by atoms with Crippen LogP contribution in [-0.4, -0.2) is 10.7 Å². The van der Waals surface area contributed by atoms with Crippen LogP contribution in [0.15, 0.2) is 63.4 Å². The molecule has 0 unspecified atom stereocenters. The van der Waals surface area contributed by atoms with Gasteiger partial charge < -0.3 is 8.83 Å². The van der Waals surface area contributed by atoms with Gasteiger partial charge in [-0.15, -0.1) is 0 Å². The van der Waals surface area contributed by atoms with E-state index < -0.39 is 4.92 Å². The number of aryl methyl sites for hydroxylation is 1. The number of carbonyl (C=O) groups is 1. The quantitative estimate of drug-likeness (QED) is 0.295. The summed E-state index contributed by atoms with van der Waals surface area (Å²) in [6, 6.07) is 12.9. The van der Waals surface area contributed by atoms with E-state index in [1.54, 1.807) is 49.4 Å². The third-order valence-corrected chi connectivity index (χ3v) is 3.38. The van der Waals surface area contributed by atoms with Crippen LogP contribution in [0.1, 0.15) is 22.1 Å². The fraction of sp³-hybridized carbons (Fsp3) is 0.0556. The number of hydrogen-bond acceptors (Lipinski definition) is 5. The van der Waals surface area contributed by atoms with Gasteiger partial charge in [0.1, 0.15) is 17.3 Å². The van der Waals surface area contributed by atoms with E-state index in [0.717, 1.165) is 0 Å². The molecule has 24 heavy (non-hydrogen) atoms. The van der Waals surface area contributed by atoms with Crippen molar-refractivity contribution >= 4 is 17.5 Å². The van der Waals surface area contributed by atoms with Crippen LogP contribution in [0.2, 0.25) is 0 Å². The first-order valence-corrected chi connectivity index (χ1v) is 7.17. The minimum absolute atomic E-state index is 0.0375. The molecule has 0 fully saturated rings. The van der Waals surface area contributed by atoms with Crippen LogP contribution in [0.4, 0.5) is 5.69 Å². The lowest BCUT2D eigenvalue weighted by molar-refractivity contribution is -0.384. The Morgan fingerprint density at radius 3 is 2.58 bits per heavy atom. The van der Waals surface area contributed by atoms with Crippen LogP contribution in [0.5, 0.6) is 0 Å². The molecule has 0 aliphatic rings. The van der Waals surface area contributed by atoms with Crippen molar-refractivity contribution in [2.75, 3.05) is 0 Å². The lowest BCUT2D eigenvalue weighted by Crippen LogP contribution is -1.90. The molecule has 0 bridgehead atoms. The van der Waals surface area contributed by atoms with Gasteiger partial charge in [0.05, 0.1) is 10.5 Å². The monoisotopic (exact) mass is 323 g/mol. The topological polar surface area (TPSA) is 86.5 Å². The number of nitro groups is 1. The highest BCUT2D eigenvalue weighted by Crippen LogP contribution is 2.31. The Morgan fingerprint density at radius 1 is 1.08 bits per heavy atom. The molecule has 3 aromatic rings. The molecule has 0 saturated carbocycles. The number of para-hydroxylation sites is 1. The molecule has 1 aromatic carbocycles. The van der Waals surface area contributed by atoms with Crippen LogP contribution >= 0.6 is 0 Å². The van der Waals surface area contributed by atoms with Gasteiger partial charge in [0.15, 0.2) is 5.76 Å². The Balaban J connectivity index is 1.83. The van der Waals surface area contributed by atoms with Gasteiger partial charge in [0.2, 0.25) is 5.78 Å². The van der Waals surface area contributed by atoms with Crippen LogP contribution < -0.4 is 0 Å². The molecule has 2 heterocycles. The Kier molecular flexibility index (Phi) is 4.11. The van der Waals surface area contributed by atoms with Gasteiger partial charge in [-0.2, -0.15) is 0 Å². The van der Waals surface area contributed by atoms with Crippen LogP contribution in [0.25, 0.3) is 17.4 Å². The molecule has 120 valence electrons. The number of ketones is 1. The molecular weight excluding hydrogens is 310 g/mol. The molecule has 0 N–H and O–H groups in total. The average molecular weight is 323 g/mol. The molecule has 0 spiro atoms. The molecule has 6 nitrogen and oxygen atoms in total. The smallest absolute Gasteiger partial charge is 0.280 e. The predicted molar refractivity (Wildman–Crippen MR) is 87.6 cm³/mol. The number of benzene rings is 1. The number of hydrogen-bond donors (Lipinski definition) is 0. The lowest BCUT2D eigenvalue weighted by Gasteiger charge is -1.98. The van der Waals surface area contributed by atoms with E-state index in [4.69, 9.17) is 8.83 Å². The van der Waals surface area contributed by atoms with Gasteiger partial charge in [0, 0.05) is 6.07 Å². The highest BCUT2D eigenvalue weighted by atomic mass is 16.6. The van der Waals surface area contributed by atoms with Gasteiger partial charge in [0.25, 0.3) is 5.69 Å². The van der Waals surface area contributed by atoms with E-state index in [9.17, 15) is 14.9 Å². The summed E-state index contributed by atoms with van der Waals surface area (Å²) in [6.45, 7) is 1.76. The summed E-state index contributed by atoms with van der Waals surface area (Å²) in [5.74, 6) is 1.40. The Labute approximate surface area is 137 Å². The van der Waals surface area contributed by atoms with E-state index >= 15 is 0 Å². The summed E-state index contributed by atoms with van der Waals surface area (Å²) >= 11 is 0. The second kappa shape index (κ2) is 6.37. The first-order valence-electron chi connectivity index (χ1n) is 7.17. The molecule has 6 heteroatoms. The van der Waals surface area contributed by atoms with Gasteiger partial charge in [-0.1, -0.05) is 12.1 Å². The van der Waals surface area contributed by atoms with Gasteiger partial charge >= 0.3 is 0 Å². The molecule has 0 atom stereocenters. The maximum Gasteiger partial charge on any atom is 0.280 e. The predicted octanol–water partition coefficient (Wildman–Crippen LogP) is 4.65. The first kappa shape index (κ1) is 15.5. The van der Waals surface area contributed by atoms with Crippen molar-refractivity contribution < 1.29 is 18.6 Å². The zero-order valence-corrected chi connectivity index (χ0v) is 12.8. The van der Waals surface area contributed by atoms with Crippen molar-refractivity contribution in [2.45, 2.75) is 6.92 Å². The highest BCUT2D eigenvalue weighted by Gasteiger charge is 2.16. The number of carbonyl (C=O) groups excluding carboxylic acids is 1. The average Bonchev–Trinajstić information content (AvgIpc) is 3.21. The second-order valence-electron chi connectivity index (χ2n) is 5.08. The summed E-state index contributed by atoms with van der Waals surface area (Å²) in [6.07, 6.45) is 2.83. The molecule has 3 rings (SSSR count). The van der Waals surface area contributed by atoms with Crippen molar-refractivity contribution in [3.8, 4) is 11.3 Å². The summed E-state index contributed by atoms with van der Waals surface area (Å²) in [5.41, 5.74) is 0.347. The van der Waals surface area contributed by atoms with E-state index in [2.05, 4.69) is 0 Å². The number of rotatable bonds is 5. The fourth-order valence-electron chi connectivity index (χ4n) is 2.24. The molecule has 0 aliphatic heterocycles. The summed E-state index contributed by atoms with van der Waals surface area (Å²) in [7, 11) is 0. The lowest BCUT2D eigenvalue weighted by atomic mass is 10.1. The molecule has 0 aliphatic carbocycles. The second-order valence-corrected chi connectivity index (χ2v) is 5.08. The normalized spacial score (nSPS) is 11.0. The van der Waals surface area contributed by atoms with E-state index in [1.165, 1.54) is 18.2 Å². The van der Waals surface area contributed by atoms with E-state index in [0.29, 0.717) is 22.8 Å². The molecule has 0 amide bonds. The molecule has 0 saturated heterocycles. The molecule has 2 aromatic heterocycles. The molecule has 0 radical (unpaired) electrons. The van der Waals surface area contributed by atoms with Crippen molar-refractivity contribution in [1.29, 1.82) is 0 Å². The van der Waals surface area contributed by atoms with Crippen molar-refractivity contribution in [3.63, 3.8) is 0 Å². The zero-order valence-electron chi connectivity index (χ0n) is 12.8. The third-order valence-electron chi connectivity index (χ3n) is 3.38. The van der Waals surface area contributed by atoms with Crippen LogP contribution in [0, 0.1) is 17.0 Å². The largest absolute Gasteiger partial charge is 0.458 e. The third kappa shape index (κ3) is 3.17. The van der Waals surface area contributed by atoms with Crippen molar-refractivity contribution in [3.05, 3.63) is 82.0 Å². The SMILES string of the molecule is Cc1ccc(C(=O)/C=C/c2ccc(-c3ccccc3[N+](=O)[O-])o2)o1. The summed E-state index contributed by atoms with van der Waals surface area (Å²) in [5, 5.41) is 11.1. The van der Waals surface area contributed by atoms with Crippen LogP contribution in [-0.2, 0) is 0 Å². The number of nitro benzene ring substituents is 1. The van der Waals surface area contributed by atoms with E-state index in [1.807, 2.05) is 0 Å². The first-order chi connectivity index (χ1) is 11.5. The summed E-state index contributed by atoms with van der Waals surface area (Å²) in [4.78, 5) is 22.5. The highest BCUT2D eigenvalue weighted by molar-refractivity contribution is 6.04. The number of nitrogens with zero attached hydrogens (tertiary/aromatic N) is 1. The van der Waals surface area contributed by atoms with Crippen molar-refractivity contribution in [2.24, 2.45) is 0 Å². The minimum atomic E-state index is -0.462. The minimum Gasteiger partial charge on any atom is -0.458 e. The molecular formula is C18H13NO5. The maximum absolute atomic E-state index is 11.9. The summed E-state index contributed by atoms with van der Waals surface area (Å²) < 4.78 is 10.8. The Bertz CT molecular complexity index is 932. The fourth-order valence-corrected chi connectivity index (χ4v) is 2.24. The van der Waals surface area contributed by atoms with Crippen LogP contribution in [0.3, 0.4) is 0 Å². The number of furan rings is 2. The van der Waals surface area contributed by atoms with Gasteiger partial charge in [-0.3, -0.25) is 14.9 Å². The zero-order chi connectivity index (χ0) is 17.1. The standard InChI is InChI=1S/C18H13NO5/c1-12-6-10-18(23-12)16(20)9-7-13-8-11-17(24-13)14-4-2-3-5-15(14)19(21)22/h2-11H,1H3/b9-7+. The van der Waals surface area contributed by atoms with E-state index in [-0.39, 0.29) is 17.2 Å². The van der Waals surface area contributed by atoms with Crippen molar-refractivity contribution in [1.82, 2.24) is 0 Å².